The number of aromatic nitrogens is 2. The fourth-order valence-electron chi connectivity index (χ4n) is 1.08. The van der Waals surface area contributed by atoms with Crippen LogP contribution in [0.15, 0.2) is 10.9 Å². The quantitative estimate of drug-likeness (QED) is 0.695. The van der Waals surface area contributed by atoms with Crippen LogP contribution in [0.3, 0.4) is 0 Å². The van der Waals surface area contributed by atoms with Gasteiger partial charge in [0.05, 0.1) is 0 Å². The minimum Gasteiger partial charge on any atom is -0.340 e. The Bertz CT molecular complexity index is 211. The Morgan fingerprint density at radius 1 is 1.42 bits per heavy atom. The summed E-state index contributed by atoms with van der Waals surface area (Å²) >= 11 is 0. The van der Waals surface area contributed by atoms with Gasteiger partial charge in [-0.3, -0.25) is 0 Å². The summed E-state index contributed by atoms with van der Waals surface area (Å²) in [4.78, 5) is 3.96. The van der Waals surface area contributed by atoms with Gasteiger partial charge in [0.15, 0.2) is 6.33 Å². The van der Waals surface area contributed by atoms with E-state index in [1.807, 2.05) is 0 Å². The van der Waals surface area contributed by atoms with Crippen molar-refractivity contribution in [2.75, 3.05) is 0 Å². The highest BCUT2D eigenvalue weighted by Crippen LogP contribution is 2.21. The zero-order valence-electron chi connectivity index (χ0n) is 8.00. The standard InChI is InChI=1S/C9H16N2O/c1-9(2,3)6-4-5-8-10-7-11-12-8/h7H,4-6H2,1-3H3. The predicted octanol–water partition coefficient (Wildman–Crippen LogP) is 2.44. The van der Waals surface area contributed by atoms with E-state index >= 15 is 0 Å². The minimum absolute atomic E-state index is 0.403. The van der Waals surface area contributed by atoms with Gasteiger partial charge >= 0.3 is 0 Å². The third-order valence-corrected chi connectivity index (χ3v) is 1.72. The molecule has 0 radical (unpaired) electrons. The van der Waals surface area contributed by atoms with Gasteiger partial charge < -0.3 is 4.52 Å². The van der Waals surface area contributed by atoms with Gasteiger partial charge in [0.1, 0.15) is 0 Å². The van der Waals surface area contributed by atoms with Crippen LogP contribution in [0.4, 0.5) is 0 Å². The Kier molecular flexibility index (Phi) is 2.84. The summed E-state index contributed by atoms with van der Waals surface area (Å²) in [6, 6.07) is 0. The van der Waals surface area contributed by atoms with Gasteiger partial charge in [0, 0.05) is 6.42 Å². The van der Waals surface area contributed by atoms with E-state index < -0.39 is 0 Å². The fourth-order valence-corrected chi connectivity index (χ4v) is 1.08. The lowest BCUT2D eigenvalue weighted by Gasteiger charge is -2.16. The summed E-state index contributed by atoms with van der Waals surface area (Å²) in [5, 5.41) is 3.55. The Hall–Kier alpha value is -0.860. The molecule has 1 heterocycles. The normalized spacial score (nSPS) is 11.9. The van der Waals surface area contributed by atoms with Crippen LogP contribution in [0.25, 0.3) is 0 Å². The van der Waals surface area contributed by atoms with Crippen molar-refractivity contribution in [3.05, 3.63) is 12.2 Å². The predicted molar refractivity (Wildman–Crippen MR) is 46.7 cm³/mol. The molecule has 0 aromatic carbocycles. The van der Waals surface area contributed by atoms with E-state index in [9.17, 15) is 0 Å². The Morgan fingerprint density at radius 3 is 2.67 bits per heavy atom. The van der Waals surface area contributed by atoms with Crippen LogP contribution < -0.4 is 0 Å². The summed E-state index contributed by atoms with van der Waals surface area (Å²) in [6.07, 6.45) is 4.66. The van der Waals surface area contributed by atoms with E-state index in [1.165, 1.54) is 12.7 Å². The molecule has 0 saturated heterocycles. The van der Waals surface area contributed by atoms with Crippen molar-refractivity contribution in [2.45, 2.75) is 40.0 Å². The van der Waals surface area contributed by atoms with Crippen LogP contribution in [0.5, 0.6) is 0 Å². The van der Waals surface area contributed by atoms with E-state index in [1.54, 1.807) is 0 Å². The second kappa shape index (κ2) is 3.70. The first-order valence-electron chi connectivity index (χ1n) is 4.33. The second-order valence-electron chi connectivity index (χ2n) is 4.25. The van der Waals surface area contributed by atoms with Gasteiger partial charge in [-0.25, -0.2) is 0 Å². The largest absolute Gasteiger partial charge is 0.340 e. The molecule has 3 nitrogen and oxygen atoms in total. The summed E-state index contributed by atoms with van der Waals surface area (Å²) in [6.45, 7) is 6.71. The molecule has 1 aromatic heterocycles. The van der Waals surface area contributed by atoms with Crippen molar-refractivity contribution in [1.82, 2.24) is 10.1 Å². The maximum atomic E-state index is 4.89. The van der Waals surface area contributed by atoms with Gasteiger partial charge in [-0.1, -0.05) is 25.9 Å². The zero-order valence-corrected chi connectivity index (χ0v) is 8.00. The first-order valence-corrected chi connectivity index (χ1v) is 4.33. The van der Waals surface area contributed by atoms with Gasteiger partial charge in [-0.2, -0.15) is 4.98 Å². The molecular weight excluding hydrogens is 152 g/mol. The van der Waals surface area contributed by atoms with Crippen LogP contribution in [-0.2, 0) is 6.42 Å². The SMILES string of the molecule is CC(C)(C)CCCc1ncno1. The van der Waals surface area contributed by atoms with Gasteiger partial charge in [0.25, 0.3) is 0 Å². The molecule has 0 saturated carbocycles. The molecule has 0 atom stereocenters. The summed E-state index contributed by atoms with van der Waals surface area (Å²) in [5.74, 6) is 0.749. The second-order valence-corrected chi connectivity index (χ2v) is 4.25. The van der Waals surface area contributed by atoms with Crippen LogP contribution in [0.1, 0.15) is 39.5 Å². The molecule has 0 aliphatic heterocycles. The third-order valence-electron chi connectivity index (χ3n) is 1.72. The van der Waals surface area contributed by atoms with Crippen molar-refractivity contribution in [3.63, 3.8) is 0 Å². The van der Waals surface area contributed by atoms with Crippen LogP contribution in [0, 0.1) is 5.41 Å². The average molecular weight is 168 g/mol. The fraction of sp³-hybridized carbons (Fsp3) is 0.778. The lowest BCUT2D eigenvalue weighted by Crippen LogP contribution is -2.04. The molecule has 0 unspecified atom stereocenters. The Labute approximate surface area is 73.2 Å². The van der Waals surface area contributed by atoms with E-state index in [4.69, 9.17) is 4.52 Å². The third kappa shape index (κ3) is 3.51. The lowest BCUT2D eigenvalue weighted by atomic mass is 9.90. The Balaban J connectivity index is 2.20. The number of aryl methyl sites for hydroxylation is 1. The van der Waals surface area contributed by atoms with Crippen molar-refractivity contribution < 1.29 is 4.52 Å². The molecule has 1 rings (SSSR count). The van der Waals surface area contributed by atoms with Gasteiger partial charge in [-0.05, 0) is 18.3 Å². The molecule has 0 amide bonds. The minimum atomic E-state index is 0.403. The highest BCUT2D eigenvalue weighted by atomic mass is 16.5. The van der Waals surface area contributed by atoms with Crippen LogP contribution >= 0.6 is 0 Å². The van der Waals surface area contributed by atoms with Crippen molar-refractivity contribution in [1.29, 1.82) is 0 Å². The first kappa shape index (κ1) is 9.23. The molecule has 68 valence electrons. The summed E-state index contributed by atoms with van der Waals surface area (Å²) in [7, 11) is 0. The number of hydrogen-bond donors (Lipinski definition) is 0. The highest BCUT2D eigenvalue weighted by molar-refractivity contribution is 4.75. The molecule has 0 bridgehead atoms. The maximum Gasteiger partial charge on any atom is 0.226 e. The molecule has 0 aliphatic rings. The number of hydrogen-bond acceptors (Lipinski definition) is 3. The molecule has 0 N–H and O–H groups in total. The van der Waals surface area contributed by atoms with E-state index in [-0.39, 0.29) is 0 Å². The molecule has 1 aromatic rings. The van der Waals surface area contributed by atoms with Crippen LogP contribution in [-0.4, -0.2) is 10.1 Å². The topological polar surface area (TPSA) is 38.9 Å². The zero-order chi connectivity index (χ0) is 9.03. The highest BCUT2D eigenvalue weighted by Gasteiger charge is 2.10. The van der Waals surface area contributed by atoms with Gasteiger partial charge in [-0.15, -0.1) is 0 Å². The van der Waals surface area contributed by atoms with Crippen molar-refractivity contribution in [3.8, 4) is 0 Å². The number of rotatable bonds is 3. The average Bonchev–Trinajstić information content (AvgIpc) is 2.36. The Morgan fingerprint density at radius 2 is 2.17 bits per heavy atom. The lowest BCUT2D eigenvalue weighted by molar-refractivity contribution is 0.337. The molecule has 0 spiro atoms. The summed E-state index contributed by atoms with van der Waals surface area (Å²) in [5.41, 5.74) is 0.403. The molecule has 0 fully saturated rings. The monoisotopic (exact) mass is 168 g/mol. The van der Waals surface area contributed by atoms with E-state index in [2.05, 4.69) is 30.9 Å². The van der Waals surface area contributed by atoms with Gasteiger partial charge in [0.2, 0.25) is 5.89 Å². The smallest absolute Gasteiger partial charge is 0.226 e. The van der Waals surface area contributed by atoms with Crippen molar-refractivity contribution >= 4 is 0 Å². The first-order chi connectivity index (χ1) is 5.58. The van der Waals surface area contributed by atoms with Crippen molar-refractivity contribution in [2.24, 2.45) is 5.41 Å². The maximum absolute atomic E-state index is 4.89. The van der Waals surface area contributed by atoms with Crippen LogP contribution in [0.2, 0.25) is 0 Å². The number of nitrogens with zero attached hydrogens (tertiary/aromatic N) is 2. The molecular formula is C9H16N2O. The summed E-state index contributed by atoms with van der Waals surface area (Å²) < 4.78 is 4.89. The van der Waals surface area contributed by atoms with E-state index in [0.29, 0.717) is 5.41 Å². The molecule has 12 heavy (non-hydrogen) atoms. The van der Waals surface area contributed by atoms with E-state index in [0.717, 1.165) is 18.7 Å². The molecule has 0 aliphatic carbocycles. The molecule has 3 heteroatoms.